The second-order valence-electron chi connectivity index (χ2n) is 4.43. The van der Waals surface area contributed by atoms with Crippen molar-refractivity contribution in [3.63, 3.8) is 0 Å². The third-order valence-corrected chi connectivity index (χ3v) is 2.58. The lowest BCUT2D eigenvalue weighted by Gasteiger charge is -2.13. The van der Waals surface area contributed by atoms with Gasteiger partial charge in [-0.3, -0.25) is 0 Å². The lowest BCUT2D eigenvalue weighted by molar-refractivity contribution is 0.851. The molecule has 0 heterocycles. The molecule has 0 radical (unpaired) electrons. The van der Waals surface area contributed by atoms with Crippen LogP contribution in [-0.2, 0) is 0 Å². The molecule has 0 bridgehead atoms. The van der Waals surface area contributed by atoms with Gasteiger partial charge in [0.2, 0.25) is 0 Å². The van der Waals surface area contributed by atoms with Crippen molar-refractivity contribution >= 4 is 13.3 Å². The Morgan fingerprint density at radius 3 is 2.00 bits per heavy atom. The van der Waals surface area contributed by atoms with Gasteiger partial charge in [-0.1, -0.05) is 56.9 Å². The van der Waals surface area contributed by atoms with Crippen LogP contribution in [-0.4, -0.2) is 7.85 Å². The number of rotatable bonds is 2. The maximum atomic E-state index is 2.32. The van der Waals surface area contributed by atoms with Crippen LogP contribution in [0.5, 0.6) is 0 Å². The van der Waals surface area contributed by atoms with Crippen LogP contribution in [0.2, 0.25) is 0 Å². The van der Waals surface area contributed by atoms with E-state index < -0.39 is 0 Å². The molecule has 0 amide bonds. The van der Waals surface area contributed by atoms with Crippen molar-refractivity contribution in [3.8, 4) is 0 Å². The van der Waals surface area contributed by atoms with Crippen molar-refractivity contribution in [1.82, 2.24) is 0 Å². The molecule has 0 nitrogen and oxygen atoms in total. The minimum atomic E-state index is 0.639. The first-order valence-electron chi connectivity index (χ1n) is 5.12. The Morgan fingerprint density at radius 1 is 1.00 bits per heavy atom. The Kier molecular flexibility index (Phi) is 3.19. The Hall–Kier alpha value is -0.715. The summed E-state index contributed by atoms with van der Waals surface area (Å²) in [4.78, 5) is 0. The first-order valence-corrected chi connectivity index (χ1v) is 5.12. The fraction of sp³-hybridized carbons (Fsp3) is 0.500. The molecular formula is C12H19B. The maximum Gasteiger partial charge on any atom is 0.139 e. The monoisotopic (exact) mass is 174 g/mol. The SMILES string of the molecule is Bc1cc(C(C)C)ccc1C(C)C. The zero-order chi connectivity index (χ0) is 10.0. The largest absolute Gasteiger partial charge is 0.139 e. The molecule has 1 rings (SSSR count). The highest BCUT2D eigenvalue weighted by molar-refractivity contribution is 6.33. The summed E-state index contributed by atoms with van der Waals surface area (Å²) in [6.07, 6.45) is 0. The van der Waals surface area contributed by atoms with Gasteiger partial charge in [-0.2, -0.15) is 0 Å². The molecule has 0 aliphatic carbocycles. The second-order valence-corrected chi connectivity index (χ2v) is 4.43. The lowest BCUT2D eigenvalue weighted by atomic mass is 9.83. The summed E-state index contributed by atoms with van der Waals surface area (Å²) in [5.74, 6) is 1.28. The van der Waals surface area contributed by atoms with Crippen LogP contribution in [0.1, 0.15) is 50.7 Å². The third kappa shape index (κ3) is 2.36. The molecule has 0 aromatic heterocycles. The van der Waals surface area contributed by atoms with Crippen LogP contribution in [0, 0.1) is 0 Å². The van der Waals surface area contributed by atoms with Gasteiger partial charge in [-0.25, -0.2) is 0 Å². The van der Waals surface area contributed by atoms with E-state index >= 15 is 0 Å². The second kappa shape index (κ2) is 4.00. The van der Waals surface area contributed by atoms with E-state index in [0.29, 0.717) is 11.8 Å². The predicted octanol–water partition coefficient (Wildman–Crippen LogP) is 2.19. The van der Waals surface area contributed by atoms with E-state index in [2.05, 4.69) is 53.7 Å². The summed E-state index contributed by atoms with van der Waals surface area (Å²) in [5.41, 5.74) is 4.35. The Bertz CT molecular complexity index is 287. The van der Waals surface area contributed by atoms with Crippen molar-refractivity contribution < 1.29 is 0 Å². The molecule has 0 saturated heterocycles. The molecule has 1 aromatic carbocycles. The zero-order valence-electron chi connectivity index (χ0n) is 9.39. The Morgan fingerprint density at radius 2 is 1.62 bits per heavy atom. The highest BCUT2D eigenvalue weighted by atomic mass is 14.1. The van der Waals surface area contributed by atoms with E-state index in [-0.39, 0.29) is 0 Å². The summed E-state index contributed by atoms with van der Waals surface area (Å²) in [6.45, 7) is 8.97. The van der Waals surface area contributed by atoms with Crippen molar-refractivity contribution in [2.75, 3.05) is 0 Å². The maximum absolute atomic E-state index is 2.32. The van der Waals surface area contributed by atoms with Gasteiger partial charge in [0.25, 0.3) is 0 Å². The van der Waals surface area contributed by atoms with E-state index in [0.717, 1.165) is 0 Å². The summed E-state index contributed by atoms with van der Waals surface area (Å²) in [6, 6.07) is 6.85. The van der Waals surface area contributed by atoms with Gasteiger partial charge in [0.05, 0.1) is 0 Å². The summed E-state index contributed by atoms with van der Waals surface area (Å²) >= 11 is 0. The number of hydrogen-bond donors (Lipinski definition) is 0. The van der Waals surface area contributed by atoms with E-state index in [9.17, 15) is 0 Å². The van der Waals surface area contributed by atoms with Crippen LogP contribution in [0.25, 0.3) is 0 Å². The summed E-state index contributed by atoms with van der Waals surface area (Å²) < 4.78 is 0. The number of hydrogen-bond acceptors (Lipinski definition) is 0. The first-order chi connectivity index (χ1) is 6.02. The summed E-state index contributed by atoms with van der Waals surface area (Å²) in [5, 5.41) is 0. The Labute approximate surface area is 82.8 Å². The smallest absolute Gasteiger partial charge is 0.0853 e. The molecule has 0 spiro atoms. The van der Waals surface area contributed by atoms with Crippen LogP contribution >= 0.6 is 0 Å². The average molecular weight is 174 g/mol. The fourth-order valence-corrected chi connectivity index (χ4v) is 1.71. The van der Waals surface area contributed by atoms with Gasteiger partial charge in [0, 0.05) is 0 Å². The first kappa shape index (κ1) is 10.4. The van der Waals surface area contributed by atoms with Crippen molar-refractivity contribution in [1.29, 1.82) is 0 Å². The minimum absolute atomic E-state index is 0.639. The van der Waals surface area contributed by atoms with Gasteiger partial charge in [0.15, 0.2) is 0 Å². The average Bonchev–Trinajstić information content (AvgIpc) is 2.03. The molecule has 0 saturated carbocycles. The van der Waals surface area contributed by atoms with Gasteiger partial charge in [-0.15, -0.1) is 0 Å². The normalized spacial score (nSPS) is 11.2. The molecule has 0 atom stereocenters. The van der Waals surface area contributed by atoms with Gasteiger partial charge >= 0.3 is 0 Å². The molecule has 0 unspecified atom stereocenters. The van der Waals surface area contributed by atoms with Crippen molar-refractivity contribution in [2.24, 2.45) is 0 Å². The quantitative estimate of drug-likeness (QED) is 0.603. The molecule has 0 N–H and O–H groups in total. The molecule has 1 heteroatoms. The van der Waals surface area contributed by atoms with Gasteiger partial charge < -0.3 is 0 Å². The van der Waals surface area contributed by atoms with Crippen molar-refractivity contribution in [3.05, 3.63) is 29.3 Å². The minimum Gasteiger partial charge on any atom is -0.0853 e. The standard InChI is InChI=1S/C12H19B/c1-8(2)10-5-6-11(9(3)4)12(13)7-10/h5-9H,13H2,1-4H3. The van der Waals surface area contributed by atoms with E-state index in [4.69, 9.17) is 0 Å². The van der Waals surface area contributed by atoms with Crippen LogP contribution in [0.15, 0.2) is 18.2 Å². The van der Waals surface area contributed by atoms with Gasteiger partial charge in [0.1, 0.15) is 7.85 Å². The number of benzene rings is 1. The topological polar surface area (TPSA) is 0 Å². The van der Waals surface area contributed by atoms with Crippen LogP contribution < -0.4 is 5.46 Å². The van der Waals surface area contributed by atoms with Crippen LogP contribution in [0.3, 0.4) is 0 Å². The van der Waals surface area contributed by atoms with Gasteiger partial charge in [-0.05, 0) is 17.4 Å². The molecule has 1 aromatic rings. The molecule has 13 heavy (non-hydrogen) atoms. The van der Waals surface area contributed by atoms with E-state index in [1.54, 1.807) is 0 Å². The highest BCUT2D eigenvalue weighted by Crippen LogP contribution is 2.17. The molecule has 0 fully saturated rings. The van der Waals surface area contributed by atoms with Crippen molar-refractivity contribution in [2.45, 2.75) is 39.5 Å². The highest BCUT2D eigenvalue weighted by Gasteiger charge is 2.05. The molecule has 0 aliphatic heterocycles. The third-order valence-electron chi connectivity index (χ3n) is 2.58. The fourth-order valence-electron chi connectivity index (χ4n) is 1.71. The lowest BCUT2D eigenvalue weighted by Crippen LogP contribution is -2.12. The summed E-state index contributed by atoms with van der Waals surface area (Å²) in [7, 11) is 2.21. The molecule has 70 valence electrons. The zero-order valence-corrected chi connectivity index (χ0v) is 9.39. The molecular weight excluding hydrogens is 155 g/mol. The van der Waals surface area contributed by atoms with E-state index in [1.807, 2.05) is 0 Å². The van der Waals surface area contributed by atoms with E-state index in [1.165, 1.54) is 16.6 Å². The predicted molar refractivity (Wildman–Crippen MR) is 62.8 cm³/mol. The van der Waals surface area contributed by atoms with Crippen LogP contribution in [0.4, 0.5) is 0 Å². The Balaban J connectivity index is 3.06. The molecule has 0 aliphatic rings.